The van der Waals surface area contributed by atoms with Gasteiger partial charge in [0.25, 0.3) is 0 Å². The minimum atomic E-state index is -0.206. The molecule has 0 aromatic carbocycles. The molecule has 0 aromatic rings. The van der Waals surface area contributed by atoms with Crippen LogP contribution in [0.25, 0.3) is 0 Å². The zero-order chi connectivity index (χ0) is 10.7. The van der Waals surface area contributed by atoms with Crippen molar-refractivity contribution in [3.63, 3.8) is 0 Å². The summed E-state index contributed by atoms with van der Waals surface area (Å²) in [6.07, 6.45) is 5.47. The third kappa shape index (κ3) is 2.59. The second-order valence-electron chi connectivity index (χ2n) is 4.20. The van der Waals surface area contributed by atoms with E-state index in [-0.39, 0.29) is 11.9 Å². The van der Waals surface area contributed by atoms with Crippen LogP contribution in [0.3, 0.4) is 0 Å². The molecule has 3 heteroatoms. The molecule has 0 bridgehead atoms. The van der Waals surface area contributed by atoms with Gasteiger partial charge in [0.15, 0.2) is 5.78 Å². The number of Topliss-reactive ketones (excluding diaryl/α,β-unsaturated/α-hetero) is 1. The fourth-order valence-electron chi connectivity index (χ4n) is 1.93. The van der Waals surface area contributed by atoms with Gasteiger partial charge in [0.2, 0.25) is 0 Å². The molecule has 15 heavy (non-hydrogen) atoms. The summed E-state index contributed by atoms with van der Waals surface area (Å²) in [6.45, 7) is 3.29. The van der Waals surface area contributed by atoms with E-state index in [1.807, 2.05) is 6.92 Å². The van der Waals surface area contributed by atoms with E-state index in [2.05, 4.69) is 0 Å². The highest BCUT2D eigenvalue weighted by atomic mass is 16.5. The van der Waals surface area contributed by atoms with Crippen LogP contribution in [0.1, 0.15) is 32.6 Å². The molecule has 84 valence electrons. The lowest BCUT2D eigenvalue weighted by atomic mass is 9.99. The van der Waals surface area contributed by atoms with Crippen molar-refractivity contribution in [3.05, 3.63) is 11.8 Å². The number of hydrogen-bond acceptors (Lipinski definition) is 3. The van der Waals surface area contributed by atoms with Gasteiger partial charge < -0.3 is 9.47 Å². The van der Waals surface area contributed by atoms with E-state index in [4.69, 9.17) is 9.47 Å². The summed E-state index contributed by atoms with van der Waals surface area (Å²) in [5.41, 5.74) is 0.812. The van der Waals surface area contributed by atoms with Gasteiger partial charge in [-0.15, -0.1) is 0 Å². The Morgan fingerprint density at radius 1 is 1.67 bits per heavy atom. The summed E-state index contributed by atoms with van der Waals surface area (Å²) in [7, 11) is 0. The molecule has 1 saturated carbocycles. The summed E-state index contributed by atoms with van der Waals surface area (Å²) >= 11 is 0. The van der Waals surface area contributed by atoms with Crippen LogP contribution in [-0.2, 0) is 14.3 Å². The maximum atomic E-state index is 12.1. The van der Waals surface area contributed by atoms with Gasteiger partial charge in [-0.25, -0.2) is 0 Å². The fraction of sp³-hybridized carbons (Fsp3) is 0.750. The van der Waals surface area contributed by atoms with E-state index in [9.17, 15) is 4.79 Å². The fourth-order valence-corrected chi connectivity index (χ4v) is 1.93. The zero-order valence-electron chi connectivity index (χ0n) is 9.20. The largest absolute Gasteiger partial charge is 0.501 e. The molecule has 1 unspecified atom stereocenters. The van der Waals surface area contributed by atoms with Gasteiger partial charge in [-0.1, -0.05) is 0 Å². The normalized spacial score (nSPS) is 22.9. The molecule has 0 spiro atoms. The van der Waals surface area contributed by atoms with Crippen LogP contribution >= 0.6 is 0 Å². The summed E-state index contributed by atoms with van der Waals surface area (Å²) in [4.78, 5) is 12.1. The lowest BCUT2D eigenvalue weighted by Gasteiger charge is -2.19. The maximum Gasteiger partial charge on any atom is 0.190 e. The molecule has 0 amide bonds. The summed E-state index contributed by atoms with van der Waals surface area (Å²) < 4.78 is 10.7. The van der Waals surface area contributed by atoms with Crippen LogP contribution in [-0.4, -0.2) is 25.1 Å². The van der Waals surface area contributed by atoms with Gasteiger partial charge in [0.05, 0.1) is 12.9 Å². The summed E-state index contributed by atoms with van der Waals surface area (Å²) in [5.74, 6) is 0.610. The highest BCUT2D eigenvalue weighted by Gasteiger charge is 2.38. The molecule has 1 fully saturated rings. The van der Waals surface area contributed by atoms with Crippen molar-refractivity contribution in [3.8, 4) is 0 Å². The van der Waals surface area contributed by atoms with E-state index in [1.165, 1.54) is 0 Å². The molecule has 1 heterocycles. The van der Waals surface area contributed by atoms with Gasteiger partial charge >= 0.3 is 0 Å². The van der Waals surface area contributed by atoms with Crippen LogP contribution in [0, 0.1) is 5.92 Å². The quantitative estimate of drug-likeness (QED) is 0.696. The van der Waals surface area contributed by atoms with Crippen molar-refractivity contribution >= 4 is 5.78 Å². The average molecular weight is 210 g/mol. The predicted octanol–water partition coefficient (Wildman–Crippen LogP) is 2.06. The first-order chi connectivity index (χ1) is 7.33. The van der Waals surface area contributed by atoms with Gasteiger partial charge in [0, 0.05) is 12.2 Å². The molecular formula is C12H18O3. The summed E-state index contributed by atoms with van der Waals surface area (Å²) in [6, 6.07) is 0. The third-order valence-corrected chi connectivity index (χ3v) is 2.91. The van der Waals surface area contributed by atoms with Crippen molar-refractivity contribution in [1.29, 1.82) is 0 Å². The zero-order valence-corrected chi connectivity index (χ0v) is 9.20. The Balaban J connectivity index is 1.99. The Labute approximate surface area is 90.4 Å². The smallest absolute Gasteiger partial charge is 0.190 e. The molecule has 1 atom stereocenters. The molecule has 0 N–H and O–H groups in total. The third-order valence-electron chi connectivity index (χ3n) is 2.91. The molecule has 1 aliphatic carbocycles. The van der Waals surface area contributed by atoms with Crippen LogP contribution in [0.5, 0.6) is 0 Å². The number of ketones is 1. The van der Waals surface area contributed by atoms with E-state index >= 15 is 0 Å². The van der Waals surface area contributed by atoms with Gasteiger partial charge in [0.1, 0.15) is 6.10 Å². The molecule has 2 aliphatic rings. The number of rotatable bonds is 5. The SMILES string of the molecule is CCOC(C(=O)C1=COCCC1)C1CC1. The lowest BCUT2D eigenvalue weighted by molar-refractivity contribution is -0.128. The Bertz CT molecular complexity index is 266. The Morgan fingerprint density at radius 2 is 2.47 bits per heavy atom. The second kappa shape index (κ2) is 4.79. The van der Waals surface area contributed by atoms with Gasteiger partial charge in [-0.3, -0.25) is 4.79 Å². The van der Waals surface area contributed by atoms with Crippen molar-refractivity contribution in [1.82, 2.24) is 0 Å². The van der Waals surface area contributed by atoms with Crippen LogP contribution in [0.4, 0.5) is 0 Å². The first kappa shape index (κ1) is 10.7. The van der Waals surface area contributed by atoms with Crippen molar-refractivity contribution in [2.45, 2.75) is 38.7 Å². The van der Waals surface area contributed by atoms with E-state index in [0.29, 0.717) is 12.5 Å². The molecule has 1 aliphatic heterocycles. The van der Waals surface area contributed by atoms with Crippen molar-refractivity contribution in [2.24, 2.45) is 5.92 Å². The Morgan fingerprint density at radius 3 is 3.00 bits per heavy atom. The number of carbonyl (C=O) groups is 1. The maximum absolute atomic E-state index is 12.1. The highest BCUT2D eigenvalue weighted by molar-refractivity contribution is 5.99. The van der Waals surface area contributed by atoms with E-state index in [1.54, 1.807) is 6.26 Å². The predicted molar refractivity (Wildman–Crippen MR) is 56.4 cm³/mol. The number of carbonyl (C=O) groups excluding carboxylic acids is 1. The average Bonchev–Trinajstić information content (AvgIpc) is 3.10. The highest BCUT2D eigenvalue weighted by Crippen LogP contribution is 2.36. The van der Waals surface area contributed by atoms with E-state index in [0.717, 1.165) is 37.9 Å². The minimum Gasteiger partial charge on any atom is -0.501 e. The van der Waals surface area contributed by atoms with Crippen molar-refractivity contribution in [2.75, 3.05) is 13.2 Å². The molecule has 3 nitrogen and oxygen atoms in total. The monoisotopic (exact) mass is 210 g/mol. The van der Waals surface area contributed by atoms with Gasteiger partial charge in [-0.2, -0.15) is 0 Å². The molecular weight excluding hydrogens is 192 g/mol. The molecule has 2 rings (SSSR count). The number of ether oxygens (including phenoxy) is 2. The van der Waals surface area contributed by atoms with Crippen LogP contribution in [0.2, 0.25) is 0 Å². The topological polar surface area (TPSA) is 35.5 Å². The first-order valence-electron chi connectivity index (χ1n) is 5.79. The minimum absolute atomic E-state index is 0.152. The lowest BCUT2D eigenvalue weighted by Crippen LogP contribution is -2.29. The Hall–Kier alpha value is -0.830. The second-order valence-corrected chi connectivity index (χ2v) is 4.20. The molecule has 0 radical (unpaired) electrons. The summed E-state index contributed by atoms with van der Waals surface area (Å²) in [5, 5.41) is 0. The van der Waals surface area contributed by atoms with Gasteiger partial charge in [-0.05, 0) is 38.5 Å². The van der Waals surface area contributed by atoms with Crippen LogP contribution < -0.4 is 0 Å². The van der Waals surface area contributed by atoms with Crippen LogP contribution in [0.15, 0.2) is 11.8 Å². The van der Waals surface area contributed by atoms with Crippen molar-refractivity contribution < 1.29 is 14.3 Å². The standard InChI is InChI=1S/C12H18O3/c1-2-15-12(9-5-6-9)11(13)10-4-3-7-14-8-10/h8-9,12H,2-7H2,1H3. The first-order valence-corrected chi connectivity index (χ1v) is 5.79. The Kier molecular flexibility index (Phi) is 3.41. The number of hydrogen-bond donors (Lipinski definition) is 0. The molecule has 0 saturated heterocycles. The van der Waals surface area contributed by atoms with E-state index < -0.39 is 0 Å². The molecule has 0 aromatic heterocycles.